The number of anilines is 2. The number of aliphatic hydroxyl groups is 1. The first kappa shape index (κ1) is 26.1. The molecule has 194 valence electrons. The van der Waals surface area contributed by atoms with Gasteiger partial charge in [0.15, 0.2) is 6.61 Å². The average Bonchev–Trinajstić information content (AvgIpc) is 2.88. The Morgan fingerprint density at radius 1 is 1.00 bits per heavy atom. The maximum absolute atomic E-state index is 14.6. The fourth-order valence-corrected chi connectivity index (χ4v) is 4.29. The number of hydrogen-bond acceptors (Lipinski definition) is 6. The summed E-state index contributed by atoms with van der Waals surface area (Å²) in [6.45, 7) is 1.41. The lowest BCUT2D eigenvalue weighted by Gasteiger charge is -2.34. The number of carbonyl (C=O) groups excluding carboxylic acids is 2. The predicted molar refractivity (Wildman–Crippen MR) is 132 cm³/mol. The maximum Gasteiger partial charge on any atom is 0.419 e. The van der Waals surface area contributed by atoms with E-state index >= 15 is 0 Å². The molecule has 0 saturated carbocycles. The third-order valence-corrected chi connectivity index (χ3v) is 6.07. The first-order valence-corrected chi connectivity index (χ1v) is 11.9. The number of esters is 1. The normalized spacial score (nSPS) is 16.4. The number of carbonyl (C=O) groups is 2. The van der Waals surface area contributed by atoms with Crippen LogP contribution in [0.5, 0.6) is 5.75 Å². The van der Waals surface area contributed by atoms with Gasteiger partial charge in [0, 0.05) is 6.42 Å². The summed E-state index contributed by atoms with van der Waals surface area (Å²) in [6, 6.07) is 16.0. The van der Waals surface area contributed by atoms with Crippen molar-refractivity contribution in [2.75, 3.05) is 24.7 Å². The van der Waals surface area contributed by atoms with Crippen LogP contribution in [0.1, 0.15) is 24.5 Å². The van der Waals surface area contributed by atoms with Gasteiger partial charge in [-0.15, -0.1) is 0 Å². The minimum Gasteiger partial charge on any atom is -0.482 e. The van der Waals surface area contributed by atoms with Crippen LogP contribution in [-0.2, 0) is 27.1 Å². The number of amides is 1. The summed E-state index contributed by atoms with van der Waals surface area (Å²) in [6.07, 6.45) is -0.0363. The quantitative estimate of drug-likeness (QED) is 0.424. The monoisotopic (exact) mass is 511 g/mol. The van der Waals surface area contributed by atoms with Gasteiger partial charge in [0.05, 0.1) is 18.0 Å². The summed E-state index contributed by atoms with van der Waals surface area (Å²) in [5.74, 6) is -1.11. The summed E-state index contributed by atoms with van der Waals surface area (Å²) in [5.41, 5.74) is 0.439. The van der Waals surface area contributed by atoms with Gasteiger partial charge < -0.3 is 19.3 Å². The molecule has 0 aliphatic heterocycles. The average molecular weight is 512 g/mol. The number of benzene rings is 3. The molecule has 0 radical (unpaired) electrons. The minimum atomic E-state index is -1.37. The summed E-state index contributed by atoms with van der Waals surface area (Å²) >= 11 is 0. The summed E-state index contributed by atoms with van der Waals surface area (Å²) in [5, 5.41) is 11.2. The van der Waals surface area contributed by atoms with E-state index in [2.05, 4.69) is 0 Å². The van der Waals surface area contributed by atoms with Gasteiger partial charge in [0.25, 0.3) is 0 Å². The molecule has 1 aliphatic carbocycles. The van der Waals surface area contributed by atoms with Gasteiger partial charge in [-0.05, 0) is 73.4 Å². The predicted octanol–water partition coefficient (Wildman–Crippen LogP) is 5.10. The number of hydrogen-bond donors (Lipinski definition) is 1. The van der Waals surface area contributed by atoms with Crippen LogP contribution in [0.4, 0.5) is 25.0 Å². The molecule has 1 aliphatic rings. The number of halogens is 2. The molecule has 1 atom stereocenters. The SMILES string of the molecule is CCOC(=O)COc1cccc2c1CCC(O)(COC(=O)N(c1ccc(F)cc1)c1ccccc1F)C2. The largest absolute Gasteiger partial charge is 0.482 e. The molecule has 9 heteroatoms. The van der Waals surface area contributed by atoms with Crippen molar-refractivity contribution in [1.29, 1.82) is 0 Å². The van der Waals surface area contributed by atoms with Crippen molar-refractivity contribution in [2.45, 2.75) is 31.8 Å². The van der Waals surface area contributed by atoms with Crippen LogP contribution in [0.15, 0.2) is 66.7 Å². The topological polar surface area (TPSA) is 85.3 Å². The number of rotatable bonds is 8. The molecular weight excluding hydrogens is 484 g/mol. The molecule has 0 heterocycles. The summed E-state index contributed by atoms with van der Waals surface area (Å²) < 4.78 is 44.0. The maximum atomic E-state index is 14.6. The molecule has 37 heavy (non-hydrogen) atoms. The number of nitrogens with zero attached hydrogens (tertiary/aromatic N) is 1. The minimum absolute atomic E-state index is 0.0662. The second-order valence-electron chi connectivity index (χ2n) is 8.71. The van der Waals surface area contributed by atoms with Crippen molar-refractivity contribution in [2.24, 2.45) is 0 Å². The Labute approximate surface area is 213 Å². The fourth-order valence-electron chi connectivity index (χ4n) is 4.29. The third kappa shape index (κ3) is 6.24. The molecule has 0 fully saturated rings. The second-order valence-corrected chi connectivity index (χ2v) is 8.71. The smallest absolute Gasteiger partial charge is 0.419 e. The van der Waals surface area contributed by atoms with Crippen molar-refractivity contribution >= 4 is 23.4 Å². The zero-order valence-corrected chi connectivity index (χ0v) is 20.3. The molecule has 1 unspecified atom stereocenters. The van der Waals surface area contributed by atoms with E-state index in [0.29, 0.717) is 12.2 Å². The van der Waals surface area contributed by atoms with Crippen molar-refractivity contribution in [3.8, 4) is 5.75 Å². The first-order chi connectivity index (χ1) is 17.8. The lowest BCUT2D eigenvalue weighted by molar-refractivity contribution is -0.145. The molecule has 0 spiro atoms. The molecule has 4 rings (SSSR count). The molecule has 3 aromatic carbocycles. The highest BCUT2D eigenvalue weighted by Crippen LogP contribution is 2.35. The standard InChI is InChI=1S/C28H27F2NO6/c1-2-35-26(32)17-36-25-9-5-6-19-16-28(34,15-14-22(19)25)18-37-27(33)31(21-12-10-20(29)11-13-21)24-8-4-3-7-23(24)30/h3-13,34H,2,14-18H2,1H3. The molecular formula is C28H27F2NO6. The van der Waals surface area contributed by atoms with Gasteiger partial charge in [-0.1, -0.05) is 24.3 Å². The first-order valence-electron chi connectivity index (χ1n) is 11.9. The van der Waals surface area contributed by atoms with Crippen molar-refractivity contribution in [3.05, 3.63) is 89.5 Å². The zero-order chi connectivity index (χ0) is 26.4. The van der Waals surface area contributed by atoms with Gasteiger partial charge >= 0.3 is 12.1 Å². The molecule has 3 aromatic rings. The third-order valence-electron chi connectivity index (χ3n) is 6.07. The van der Waals surface area contributed by atoms with E-state index < -0.39 is 29.3 Å². The van der Waals surface area contributed by atoms with E-state index in [1.165, 1.54) is 30.3 Å². The Hall–Kier alpha value is -3.98. The molecule has 0 saturated heterocycles. The van der Waals surface area contributed by atoms with Crippen LogP contribution in [-0.4, -0.2) is 42.6 Å². The molecule has 0 aromatic heterocycles. The Balaban J connectivity index is 1.48. The highest BCUT2D eigenvalue weighted by Gasteiger charge is 2.36. The zero-order valence-electron chi connectivity index (χ0n) is 20.3. The van der Waals surface area contributed by atoms with Gasteiger partial charge in [-0.3, -0.25) is 0 Å². The molecule has 7 nitrogen and oxygen atoms in total. The molecule has 1 amide bonds. The highest BCUT2D eigenvalue weighted by atomic mass is 19.1. The van der Waals surface area contributed by atoms with Gasteiger partial charge in [-0.2, -0.15) is 0 Å². The summed E-state index contributed by atoms with van der Waals surface area (Å²) in [7, 11) is 0. The van der Waals surface area contributed by atoms with E-state index in [-0.39, 0.29) is 44.0 Å². The van der Waals surface area contributed by atoms with Crippen LogP contribution in [0.2, 0.25) is 0 Å². The van der Waals surface area contributed by atoms with Crippen molar-refractivity contribution in [3.63, 3.8) is 0 Å². The van der Waals surface area contributed by atoms with Crippen LogP contribution in [0.25, 0.3) is 0 Å². The van der Waals surface area contributed by atoms with Crippen molar-refractivity contribution < 1.29 is 37.7 Å². The highest BCUT2D eigenvalue weighted by molar-refractivity contribution is 5.96. The van der Waals surface area contributed by atoms with Gasteiger partial charge in [-0.25, -0.2) is 23.3 Å². The Bertz CT molecular complexity index is 1270. The lowest BCUT2D eigenvalue weighted by Crippen LogP contribution is -2.42. The van der Waals surface area contributed by atoms with E-state index in [0.717, 1.165) is 28.2 Å². The lowest BCUT2D eigenvalue weighted by atomic mass is 9.80. The summed E-state index contributed by atoms with van der Waals surface area (Å²) in [4.78, 5) is 25.8. The Kier molecular flexibility index (Phi) is 8.03. The van der Waals surface area contributed by atoms with E-state index in [9.17, 15) is 23.5 Å². The van der Waals surface area contributed by atoms with Gasteiger partial charge in [0.1, 0.15) is 29.6 Å². The number of para-hydroxylation sites is 1. The molecule has 0 bridgehead atoms. The van der Waals surface area contributed by atoms with Gasteiger partial charge in [0.2, 0.25) is 0 Å². The van der Waals surface area contributed by atoms with E-state index in [1.807, 2.05) is 6.07 Å². The van der Waals surface area contributed by atoms with Crippen LogP contribution < -0.4 is 9.64 Å². The van der Waals surface area contributed by atoms with E-state index in [1.54, 1.807) is 25.1 Å². The number of fused-ring (bicyclic) bond motifs is 1. The second kappa shape index (κ2) is 11.4. The van der Waals surface area contributed by atoms with Crippen molar-refractivity contribution in [1.82, 2.24) is 0 Å². The fraction of sp³-hybridized carbons (Fsp3) is 0.286. The number of ether oxygens (including phenoxy) is 3. The molecule has 1 N–H and O–H groups in total. The Morgan fingerprint density at radius 2 is 1.76 bits per heavy atom. The Morgan fingerprint density at radius 3 is 2.49 bits per heavy atom. The van der Waals surface area contributed by atoms with Crippen LogP contribution in [0, 0.1) is 11.6 Å². The van der Waals surface area contributed by atoms with Crippen LogP contribution >= 0.6 is 0 Å². The van der Waals surface area contributed by atoms with E-state index in [4.69, 9.17) is 14.2 Å². The van der Waals surface area contributed by atoms with Crippen LogP contribution in [0.3, 0.4) is 0 Å².